The molecule has 2 saturated heterocycles. The van der Waals surface area contributed by atoms with Crippen LogP contribution in [-0.4, -0.2) is 80.2 Å². The van der Waals surface area contributed by atoms with Crippen molar-refractivity contribution in [3.05, 3.63) is 89.5 Å². The second-order valence-corrected chi connectivity index (χ2v) is 11.5. The van der Waals surface area contributed by atoms with Crippen LogP contribution < -0.4 is 9.64 Å². The van der Waals surface area contributed by atoms with Crippen molar-refractivity contribution in [2.75, 3.05) is 64.4 Å². The summed E-state index contributed by atoms with van der Waals surface area (Å²) in [7, 11) is 1.71. The second kappa shape index (κ2) is 12.2. The number of benzene rings is 3. The highest BCUT2D eigenvalue weighted by Gasteiger charge is 2.42. The molecule has 212 valence electrons. The summed E-state index contributed by atoms with van der Waals surface area (Å²) in [4.78, 5) is 10.0. The Bertz CT molecular complexity index is 1260. The molecule has 3 aliphatic rings. The van der Waals surface area contributed by atoms with Crippen molar-refractivity contribution >= 4 is 11.4 Å². The maximum absolute atomic E-state index is 14.3. The fraction of sp³-hybridized carbons (Fsp3) is 0.455. The van der Waals surface area contributed by atoms with Crippen LogP contribution in [0, 0.1) is 11.6 Å². The molecule has 40 heavy (non-hydrogen) atoms. The minimum atomic E-state index is -0.232. The summed E-state index contributed by atoms with van der Waals surface area (Å²) in [6.07, 6.45) is 3.41. The molecule has 0 bridgehead atoms. The molecular formula is C33H40F2N4O. The first kappa shape index (κ1) is 27.2. The van der Waals surface area contributed by atoms with Gasteiger partial charge >= 0.3 is 0 Å². The predicted octanol–water partition coefficient (Wildman–Crippen LogP) is 5.88. The van der Waals surface area contributed by atoms with Crippen molar-refractivity contribution in [3.63, 3.8) is 0 Å². The van der Waals surface area contributed by atoms with E-state index in [1.807, 2.05) is 30.3 Å². The fourth-order valence-corrected chi connectivity index (χ4v) is 6.81. The number of nitrogens with zero attached hydrogens (tertiary/aromatic N) is 4. The molecule has 2 atom stereocenters. The number of fused-ring (bicyclic) bond motifs is 3. The molecule has 7 heteroatoms. The van der Waals surface area contributed by atoms with Crippen molar-refractivity contribution in [2.45, 2.75) is 37.8 Å². The Hall–Kier alpha value is -3.00. The lowest BCUT2D eigenvalue weighted by Crippen LogP contribution is -2.46. The van der Waals surface area contributed by atoms with Gasteiger partial charge in [0, 0.05) is 69.1 Å². The quantitative estimate of drug-likeness (QED) is 0.312. The van der Waals surface area contributed by atoms with Crippen LogP contribution >= 0.6 is 0 Å². The van der Waals surface area contributed by atoms with E-state index >= 15 is 0 Å². The summed E-state index contributed by atoms with van der Waals surface area (Å²) in [6.45, 7) is 9.72. The predicted molar refractivity (Wildman–Crippen MR) is 156 cm³/mol. The van der Waals surface area contributed by atoms with Crippen molar-refractivity contribution in [2.24, 2.45) is 0 Å². The molecule has 6 rings (SSSR count). The molecule has 0 unspecified atom stereocenters. The Balaban J connectivity index is 0.966. The molecule has 5 nitrogen and oxygen atoms in total. The van der Waals surface area contributed by atoms with Crippen molar-refractivity contribution < 1.29 is 13.5 Å². The molecule has 0 aliphatic carbocycles. The number of hydrogen-bond acceptors (Lipinski definition) is 5. The van der Waals surface area contributed by atoms with Gasteiger partial charge in [-0.25, -0.2) is 8.78 Å². The van der Waals surface area contributed by atoms with Gasteiger partial charge in [-0.15, -0.1) is 0 Å². The number of piperidine rings is 1. The molecule has 3 heterocycles. The third kappa shape index (κ3) is 6.02. The zero-order valence-electron chi connectivity index (χ0n) is 23.4. The van der Waals surface area contributed by atoms with Crippen LogP contribution in [0.1, 0.15) is 36.3 Å². The summed E-state index contributed by atoms with van der Waals surface area (Å²) in [5.74, 6) is 0.763. The number of piperazine rings is 1. The second-order valence-electron chi connectivity index (χ2n) is 11.5. The highest BCUT2D eigenvalue weighted by molar-refractivity contribution is 5.73. The molecule has 0 spiro atoms. The third-order valence-corrected chi connectivity index (χ3v) is 8.97. The van der Waals surface area contributed by atoms with Gasteiger partial charge in [-0.1, -0.05) is 12.1 Å². The van der Waals surface area contributed by atoms with Gasteiger partial charge in [0.05, 0.1) is 7.11 Å². The van der Waals surface area contributed by atoms with E-state index in [4.69, 9.17) is 4.74 Å². The molecule has 0 amide bonds. The fourth-order valence-electron chi connectivity index (χ4n) is 6.81. The van der Waals surface area contributed by atoms with Gasteiger partial charge in [-0.05, 0) is 98.1 Å². The normalized spacial score (nSPS) is 21.8. The summed E-state index contributed by atoms with van der Waals surface area (Å²) in [5, 5.41) is 0. The first-order chi connectivity index (χ1) is 19.6. The average Bonchev–Trinajstić information content (AvgIpc) is 3.30. The highest BCUT2D eigenvalue weighted by Crippen LogP contribution is 2.48. The zero-order chi connectivity index (χ0) is 27.5. The molecule has 2 fully saturated rings. The van der Waals surface area contributed by atoms with Crippen LogP contribution in [0.2, 0.25) is 0 Å². The minimum absolute atomic E-state index is 0.181. The first-order valence-electron chi connectivity index (χ1n) is 14.7. The number of unbranched alkanes of at least 4 members (excludes halogenated alkanes) is 1. The Morgan fingerprint density at radius 3 is 2.15 bits per heavy atom. The van der Waals surface area contributed by atoms with Crippen LogP contribution in [0.15, 0.2) is 66.7 Å². The van der Waals surface area contributed by atoms with Gasteiger partial charge in [-0.3, -0.25) is 4.90 Å². The van der Waals surface area contributed by atoms with E-state index in [9.17, 15) is 8.78 Å². The van der Waals surface area contributed by atoms with Crippen molar-refractivity contribution in [1.82, 2.24) is 14.7 Å². The van der Waals surface area contributed by atoms with E-state index in [0.717, 1.165) is 88.0 Å². The smallest absolute Gasteiger partial charge is 0.123 e. The van der Waals surface area contributed by atoms with Gasteiger partial charge in [0.1, 0.15) is 17.4 Å². The van der Waals surface area contributed by atoms with E-state index < -0.39 is 0 Å². The van der Waals surface area contributed by atoms with Crippen molar-refractivity contribution in [3.8, 4) is 5.75 Å². The summed E-state index contributed by atoms with van der Waals surface area (Å²) in [5.41, 5.74) is 4.48. The lowest BCUT2D eigenvalue weighted by atomic mass is 9.89. The zero-order valence-corrected chi connectivity index (χ0v) is 23.4. The minimum Gasteiger partial charge on any atom is -0.497 e. The number of methoxy groups -OCH3 is 1. The van der Waals surface area contributed by atoms with E-state index in [1.54, 1.807) is 19.2 Å². The summed E-state index contributed by atoms with van der Waals surface area (Å²) < 4.78 is 33.2. The molecule has 0 radical (unpaired) electrons. The third-order valence-electron chi connectivity index (χ3n) is 8.97. The van der Waals surface area contributed by atoms with E-state index in [2.05, 4.69) is 31.7 Å². The van der Waals surface area contributed by atoms with Gasteiger partial charge in [0.25, 0.3) is 0 Å². The number of halogens is 2. The Morgan fingerprint density at radius 1 is 0.750 bits per heavy atom. The summed E-state index contributed by atoms with van der Waals surface area (Å²) in [6, 6.07) is 20.6. The van der Waals surface area contributed by atoms with Crippen LogP contribution in [0.5, 0.6) is 5.75 Å². The molecule has 0 saturated carbocycles. The van der Waals surface area contributed by atoms with Crippen molar-refractivity contribution in [1.29, 1.82) is 0 Å². The van der Waals surface area contributed by atoms with E-state index in [1.165, 1.54) is 30.5 Å². The van der Waals surface area contributed by atoms with Gasteiger partial charge in [-0.2, -0.15) is 0 Å². The lowest BCUT2D eigenvalue weighted by Gasteiger charge is -2.39. The number of hydrogen-bond donors (Lipinski definition) is 0. The summed E-state index contributed by atoms with van der Waals surface area (Å²) >= 11 is 0. The maximum atomic E-state index is 14.3. The molecule has 3 aliphatic heterocycles. The van der Waals surface area contributed by atoms with E-state index in [0.29, 0.717) is 0 Å². The Labute approximate surface area is 236 Å². The standard InChI is InChI=1S/C33H40F2N4O/c1-40-29-11-4-25(5-12-29)23-38-20-18-36(19-21-38)15-2-3-16-37-17-14-33-31(24-37)30-22-27(35)8-13-32(30)39(33)28-9-6-26(34)7-10-28/h4-13,22,31,33H,2-3,14-21,23-24H2,1H3/t31-,33+/m0/s1. The molecule has 3 aromatic carbocycles. The molecule has 0 N–H and O–H groups in total. The number of rotatable bonds is 9. The Kier molecular flexibility index (Phi) is 8.32. The largest absolute Gasteiger partial charge is 0.497 e. The van der Waals surface area contributed by atoms with Crippen LogP contribution in [0.3, 0.4) is 0 Å². The SMILES string of the molecule is COc1ccc(CN2CCN(CCCCN3CC[C@@H]4[C@@H](C3)c3cc(F)ccc3N4c3ccc(F)cc3)CC2)cc1. The monoisotopic (exact) mass is 546 g/mol. The van der Waals surface area contributed by atoms with Crippen LogP contribution in [0.4, 0.5) is 20.2 Å². The number of ether oxygens (including phenoxy) is 1. The number of anilines is 2. The van der Waals surface area contributed by atoms with Gasteiger partial charge < -0.3 is 19.4 Å². The topological polar surface area (TPSA) is 22.2 Å². The van der Waals surface area contributed by atoms with Gasteiger partial charge in [0.15, 0.2) is 0 Å². The average molecular weight is 547 g/mol. The molecular weight excluding hydrogens is 506 g/mol. The molecule has 0 aromatic heterocycles. The lowest BCUT2D eigenvalue weighted by molar-refractivity contribution is 0.123. The van der Waals surface area contributed by atoms with Crippen LogP contribution in [0.25, 0.3) is 0 Å². The molecule has 3 aromatic rings. The number of likely N-dealkylation sites (tertiary alicyclic amines) is 1. The Morgan fingerprint density at radius 2 is 1.43 bits per heavy atom. The van der Waals surface area contributed by atoms with Gasteiger partial charge in [0.2, 0.25) is 0 Å². The van der Waals surface area contributed by atoms with E-state index in [-0.39, 0.29) is 23.6 Å². The maximum Gasteiger partial charge on any atom is 0.123 e. The highest BCUT2D eigenvalue weighted by atomic mass is 19.1. The first-order valence-corrected chi connectivity index (χ1v) is 14.7. The van der Waals surface area contributed by atoms with Crippen LogP contribution in [-0.2, 0) is 6.54 Å².